The van der Waals surface area contributed by atoms with Crippen LogP contribution in [-0.4, -0.2) is 55.0 Å². The van der Waals surface area contributed by atoms with Crippen molar-refractivity contribution < 1.29 is 22.8 Å². The Balaban J connectivity index is 1.29. The van der Waals surface area contributed by atoms with E-state index in [1.54, 1.807) is 36.4 Å². The molecule has 0 spiro atoms. The number of aryl methyl sites for hydroxylation is 2. The first-order valence-corrected chi connectivity index (χ1v) is 15.1. The summed E-state index contributed by atoms with van der Waals surface area (Å²) in [6, 6.07) is 22.2. The van der Waals surface area contributed by atoms with Crippen molar-refractivity contribution in [1.82, 2.24) is 19.7 Å². The molecule has 0 atom stereocenters. The molecule has 40 heavy (non-hydrogen) atoms. The van der Waals surface area contributed by atoms with Gasteiger partial charge in [-0.2, -0.15) is 8.42 Å². The zero-order chi connectivity index (χ0) is 27.5. The first-order valence-electron chi connectivity index (χ1n) is 13.7. The summed E-state index contributed by atoms with van der Waals surface area (Å²) in [5, 5.41) is 11.1. The quantitative estimate of drug-likeness (QED) is 0.343. The number of aromatic nitrogens is 3. The SMILES string of the molecule is O=C(NCc1ccccc1C[NH+]1CCOCC1)c1nnn(S(=O)(=O)c2ccc3c(c2)CCC3)c1-c1ccccc1. The number of hydrogen-bond donors (Lipinski definition) is 2. The van der Waals surface area contributed by atoms with E-state index in [4.69, 9.17) is 4.74 Å². The molecular weight excluding hydrogens is 526 g/mol. The molecule has 4 aromatic rings. The van der Waals surface area contributed by atoms with Crippen LogP contribution in [0.5, 0.6) is 0 Å². The summed E-state index contributed by atoms with van der Waals surface area (Å²) in [7, 11) is -4.09. The van der Waals surface area contributed by atoms with E-state index in [0.717, 1.165) is 72.9 Å². The average molecular weight is 559 g/mol. The largest absolute Gasteiger partial charge is 0.370 e. The number of quaternary nitrogens is 1. The minimum atomic E-state index is -4.09. The molecule has 1 aliphatic heterocycles. The Morgan fingerprint density at radius 3 is 2.45 bits per heavy atom. The molecule has 9 nitrogen and oxygen atoms in total. The number of carbonyl (C=O) groups excluding carboxylic acids is 1. The van der Waals surface area contributed by atoms with E-state index in [9.17, 15) is 13.2 Å². The summed E-state index contributed by atoms with van der Waals surface area (Å²) >= 11 is 0. The van der Waals surface area contributed by atoms with Crippen molar-refractivity contribution in [3.05, 3.63) is 101 Å². The summed E-state index contributed by atoms with van der Waals surface area (Å²) in [5.41, 5.74) is 5.03. The van der Waals surface area contributed by atoms with Crippen molar-refractivity contribution in [1.29, 1.82) is 0 Å². The molecule has 206 valence electrons. The molecule has 1 aliphatic carbocycles. The van der Waals surface area contributed by atoms with Gasteiger partial charge in [0.2, 0.25) is 0 Å². The molecule has 2 N–H and O–H groups in total. The fourth-order valence-electron chi connectivity index (χ4n) is 5.51. The highest BCUT2D eigenvalue weighted by Gasteiger charge is 2.30. The number of nitrogens with zero attached hydrogens (tertiary/aromatic N) is 3. The number of fused-ring (bicyclic) bond motifs is 1. The van der Waals surface area contributed by atoms with Crippen molar-refractivity contribution in [2.75, 3.05) is 26.3 Å². The van der Waals surface area contributed by atoms with Gasteiger partial charge in [-0.3, -0.25) is 4.79 Å². The molecule has 3 aromatic carbocycles. The molecule has 6 rings (SSSR count). The molecule has 10 heteroatoms. The topological polar surface area (TPSA) is 108 Å². The molecule has 0 unspecified atom stereocenters. The smallest absolute Gasteiger partial charge is 0.284 e. The van der Waals surface area contributed by atoms with Gasteiger partial charge in [-0.05, 0) is 48.1 Å². The highest BCUT2D eigenvalue weighted by molar-refractivity contribution is 7.90. The van der Waals surface area contributed by atoms with Crippen LogP contribution in [0.1, 0.15) is 39.2 Å². The van der Waals surface area contributed by atoms with Crippen molar-refractivity contribution in [2.45, 2.75) is 37.2 Å². The third kappa shape index (κ3) is 5.30. The first kappa shape index (κ1) is 26.4. The van der Waals surface area contributed by atoms with Gasteiger partial charge in [0.25, 0.3) is 15.9 Å². The van der Waals surface area contributed by atoms with Crippen LogP contribution in [-0.2, 0) is 40.7 Å². The Labute approximate surface area is 233 Å². The van der Waals surface area contributed by atoms with Crippen molar-refractivity contribution in [3.63, 3.8) is 0 Å². The molecule has 1 saturated heterocycles. The monoisotopic (exact) mass is 558 g/mol. The normalized spacial score (nSPS) is 15.6. The molecule has 2 aliphatic rings. The number of benzene rings is 3. The van der Waals surface area contributed by atoms with Gasteiger partial charge in [-0.15, -0.1) is 9.19 Å². The maximum absolute atomic E-state index is 13.8. The molecule has 1 amide bonds. The Hall–Kier alpha value is -3.86. The standard InChI is InChI=1S/C30H31N5O4S/c36-30(31-20-25-9-4-5-10-26(25)21-34-15-17-39-18-16-34)28-29(23-7-2-1-3-8-23)35(33-32-28)40(37,38)27-14-13-22-11-6-12-24(22)19-27/h1-5,7-10,13-14,19H,6,11-12,15-18,20-21H2,(H,31,36)/p+1. The van der Waals surface area contributed by atoms with E-state index in [0.29, 0.717) is 5.56 Å². The molecule has 1 aromatic heterocycles. The second-order valence-electron chi connectivity index (χ2n) is 10.3. The van der Waals surface area contributed by atoms with Gasteiger partial charge in [0.15, 0.2) is 5.69 Å². The Morgan fingerprint density at radius 1 is 0.925 bits per heavy atom. The second kappa shape index (κ2) is 11.3. The van der Waals surface area contributed by atoms with Crippen LogP contribution in [0.15, 0.2) is 77.7 Å². The van der Waals surface area contributed by atoms with Gasteiger partial charge < -0.3 is 15.0 Å². The Kier molecular flexibility index (Phi) is 7.46. The van der Waals surface area contributed by atoms with Gasteiger partial charge in [-0.25, -0.2) is 0 Å². The summed E-state index contributed by atoms with van der Waals surface area (Å²) < 4.78 is 34.0. The third-order valence-corrected chi connectivity index (χ3v) is 9.26. The van der Waals surface area contributed by atoms with Crippen LogP contribution >= 0.6 is 0 Å². The summed E-state index contributed by atoms with van der Waals surface area (Å²) in [4.78, 5) is 15.1. The number of nitrogens with one attached hydrogen (secondary N) is 2. The summed E-state index contributed by atoms with van der Waals surface area (Å²) in [5.74, 6) is -0.484. The highest BCUT2D eigenvalue weighted by Crippen LogP contribution is 2.29. The number of amides is 1. The van der Waals surface area contributed by atoms with Gasteiger partial charge in [0.05, 0.1) is 18.1 Å². The van der Waals surface area contributed by atoms with E-state index in [1.165, 1.54) is 10.5 Å². The fourth-order valence-corrected chi connectivity index (χ4v) is 6.80. The second-order valence-corrected chi connectivity index (χ2v) is 12.0. The maximum atomic E-state index is 13.8. The molecule has 0 bridgehead atoms. The first-order chi connectivity index (χ1) is 19.5. The van der Waals surface area contributed by atoms with E-state index in [2.05, 4.69) is 21.7 Å². The van der Waals surface area contributed by atoms with Gasteiger partial charge >= 0.3 is 0 Å². The Morgan fingerprint density at radius 2 is 1.65 bits per heavy atom. The summed E-state index contributed by atoms with van der Waals surface area (Å²) in [6.45, 7) is 4.53. The minimum Gasteiger partial charge on any atom is -0.370 e. The third-order valence-electron chi connectivity index (χ3n) is 7.70. The molecule has 1 fully saturated rings. The predicted octanol–water partition coefficient (Wildman–Crippen LogP) is 2.02. The molecular formula is C30H32N5O4S+. The fraction of sp³-hybridized carbons (Fsp3) is 0.300. The van der Waals surface area contributed by atoms with Crippen molar-refractivity contribution in [2.24, 2.45) is 0 Å². The highest BCUT2D eigenvalue weighted by atomic mass is 32.2. The van der Waals surface area contributed by atoms with Crippen LogP contribution in [0, 0.1) is 0 Å². The molecule has 0 saturated carbocycles. The van der Waals surface area contributed by atoms with Crippen LogP contribution in [0.2, 0.25) is 0 Å². The molecule has 2 heterocycles. The van der Waals surface area contributed by atoms with E-state index >= 15 is 0 Å². The van der Waals surface area contributed by atoms with Gasteiger partial charge in [0.1, 0.15) is 25.3 Å². The number of hydrogen-bond acceptors (Lipinski definition) is 6. The van der Waals surface area contributed by atoms with E-state index in [1.807, 2.05) is 30.3 Å². The zero-order valence-electron chi connectivity index (χ0n) is 22.2. The minimum absolute atomic E-state index is 0.0350. The van der Waals surface area contributed by atoms with Crippen LogP contribution in [0.3, 0.4) is 0 Å². The lowest BCUT2D eigenvalue weighted by Gasteiger charge is -2.24. The van der Waals surface area contributed by atoms with Crippen molar-refractivity contribution in [3.8, 4) is 11.3 Å². The van der Waals surface area contributed by atoms with E-state index < -0.39 is 15.9 Å². The number of rotatable bonds is 8. The van der Waals surface area contributed by atoms with Crippen molar-refractivity contribution >= 4 is 15.9 Å². The van der Waals surface area contributed by atoms with Gasteiger partial charge in [0, 0.05) is 17.7 Å². The molecule has 0 radical (unpaired) electrons. The number of morpholine rings is 1. The summed E-state index contributed by atoms with van der Waals surface area (Å²) in [6.07, 6.45) is 2.82. The van der Waals surface area contributed by atoms with Crippen LogP contribution in [0.4, 0.5) is 0 Å². The Bertz CT molecular complexity index is 1630. The maximum Gasteiger partial charge on any atom is 0.284 e. The lowest BCUT2D eigenvalue weighted by molar-refractivity contribution is -0.921. The van der Waals surface area contributed by atoms with E-state index in [-0.39, 0.29) is 22.8 Å². The lowest BCUT2D eigenvalue weighted by Crippen LogP contribution is -3.12. The van der Waals surface area contributed by atoms with Crippen LogP contribution < -0.4 is 10.2 Å². The number of carbonyl (C=O) groups is 1. The predicted molar refractivity (Wildman–Crippen MR) is 149 cm³/mol. The zero-order valence-corrected chi connectivity index (χ0v) is 23.0. The van der Waals surface area contributed by atoms with Crippen LogP contribution in [0.25, 0.3) is 11.3 Å². The lowest BCUT2D eigenvalue weighted by atomic mass is 10.1. The average Bonchev–Trinajstić information content (AvgIpc) is 3.65. The van der Waals surface area contributed by atoms with Gasteiger partial charge in [-0.1, -0.05) is 65.9 Å². The number of ether oxygens (including phenoxy) is 1.